The highest BCUT2D eigenvalue weighted by molar-refractivity contribution is 5.94. The van der Waals surface area contributed by atoms with Crippen molar-refractivity contribution >= 4 is 17.6 Å². The summed E-state index contributed by atoms with van der Waals surface area (Å²) >= 11 is 0. The summed E-state index contributed by atoms with van der Waals surface area (Å²) in [5.41, 5.74) is 1.62. The first-order valence-corrected chi connectivity index (χ1v) is 8.29. The van der Waals surface area contributed by atoms with Gasteiger partial charge in [-0.05, 0) is 51.7 Å². The molecule has 3 amide bonds. The topological polar surface area (TPSA) is 61.4 Å². The second-order valence-corrected chi connectivity index (χ2v) is 7.03. The Balaban J connectivity index is 2.07. The van der Waals surface area contributed by atoms with Gasteiger partial charge >= 0.3 is 6.03 Å². The molecule has 0 radical (unpaired) electrons. The summed E-state index contributed by atoms with van der Waals surface area (Å²) in [5, 5.41) is 5.93. The highest BCUT2D eigenvalue weighted by Gasteiger charge is 2.35. The number of hydrogen-bond acceptors (Lipinski definition) is 2. The molecule has 0 bridgehead atoms. The standard InChI is InChI=1S/C18H27N3O2/c1-5-13-9-6-7-10-14(13)19-17(23)21-12-8-11-15(21)16(22)20-18(2,3)4/h6-7,9-10,15H,5,8,11-12H2,1-4H3,(H,19,23)(H,20,22)/t15-/m1/s1. The second-order valence-electron chi connectivity index (χ2n) is 7.03. The molecule has 0 unspecified atom stereocenters. The number of nitrogens with one attached hydrogen (secondary N) is 2. The Kier molecular flexibility index (Phi) is 5.29. The zero-order valence-corrected chi connectivity index (χ0v) is 14.5. The number of urea groups is 1. The fourth-order valence-corrected chi connectivity index (χ4v) is 2.87. The molecule has 1 aliphatic heterocycles. The molecule has 1 aromatic carbocycles. The van der Waals surface area contributed by atoms with E-state index in [1.165, 1.54) is 0 Å². The second kappa shape index (κ2) is 7.02. The number of hydrogen-bond donors (Lipinski definition) is 2. The van der Waals surface area contributed by atoms with Crippen molar-refractivity contribution in [2.24, 2.45) is 0 Å². The number of rotatable bonds is 3. The quantitative estimate of drug-likeness (QED) is 0.899. The first-order chi connectivity index (χ1) is 10.8. The summed E-state index contributed by atoms with van der Waals surface area (Å²) < 4.78 is 0. The fourth-order valence-electron chi connectivity index (χ4n) is 2.87. The van der Waals surface area contributed by atoms with Crippen LogP contribution in [0.4, 0.5) is 10.5 Å². The number of para-hydroxylation sites is 1. The van der Waals surface area contributed by atoms with Crippen LogP contribution in [-0.4, -0.2) is 35.0 Å². The molecule has 0 saturated carbocycles. The molecule has 5 heteroatoms. The average Bonchev–Trinajstić information content (AvgIpc) is 2.95. The third-order valence-corrected chi connectivity index (χ3v) is 3.95. The highest BCUT2D eigenvalue weighted by atomic mass is 16.2. The van der Waals surface area contributed by atoms with Crippen LogP contribution < -0.4 is 10.6 Å². The van der Waals surface area contributed by atoms with Crippen LogP contribution in [0.2, 0.25) is 0 Å². The molecule has 0 aromatic heterocycles. The number of carbonyl (C=O) groups excluding carboxylic acids is 2. The minimum atomic E-state index is -0.386. The number of aryl methyl sites for hydroxylation is 1. The van der Waals surface area contributed by atoms with E-state index in [1.807, 2.05) is 45.0 Å². The Morgan fingerprint density at radius 3 is 2.61 bits per heavy atom. The molecule has 0 aliphatic carbocycles. The summed E-state index contributed by atoms with van der Waals surface area (Å²) in [6.45, 7) is 8.51. The van der Waals surface area contributed by atoms with Crippen molar-refractivity contribution in [3.8, 4) is 0 Å². The van der Waals surface area contributed by atoms with Crippen LogP contribution in [0.25, 0.3) is 0 Å². The maximum absolute atomic E-state index is 12.6. The zero-order chi connectivity index (χ0) is 17.0. The van der Waals surface area contributed by atoms with Gasteiger partial charge in [-0.2, -0.15) is 0 Å². The van der Waals surface area contributed by atoms with E-state index in [-0.39, 0.29) is 23.5 Å². The van der Waals surface area contributed by atoms with Crippen LogP contribution in [0.1, 0.15) is 46.1 Å². The highest BCUT2D eigenvalue weighted by Crippen LogP contribution is 2.21. The summed E-state index contributed by atoms with van der Waals surface area (Å²) in [6, 6.07) is 7.19. The van der Waals surface area contributed by atoms with Crippen LogP contribution in [0, 0.1) is 0 Å². The molecule has 23 heavy (non-hydrogen) atoms. The lowest BCUT2D eigenvalue weighted by Crippen LogP contribution is -2.52. The summed E-state index contributed by atoms with van der Waals surface area (Å²) in [6.07, 6.45) is 2.42. The first-order valence-electron chi connectivity index (χ1n) is 8.29. The molecule has 2 N–H and O–H groups in total. The van der Waals surface area contributed by atoms with Gasteiger partial charge < -0.3 is 15.5 Å². The monoisotopic (exact) mass is 317 g/mol. The van der Waals surface area contributed by atoms with Crippen molar-refractivity contribution in [1.29, 1.82) is 0 Å². The molecule has 1 saturated heterocycles. The molecule has 1 atom stereocenters. The molecule has 126 valence electrons. The molecule has 1 fully saturated rings. The van der Waals surface area contributed by atoms with Gasteiger partial charge in [0.25, 0.3) is 0 Å². The van der Waals surface area contributed by atoms with E-state index in [4.69, 9.17) is 0 Å². The van der Waals surface area contributed by atoms with Crippen LogP contribution >= 0.6 is 0 Å². The third-order valence-electron chi connectivity index (χ3n) is 3.95. The zero-order valence-electron chi connectivity index (χ0n) is 14.5. The van der Waals surface area contributed by atoms with Gasteiger partial charge in [0, 0.05) is 17.8 Å². The third kappa shape index (κ3) is 4.47. The summed E-state index contributed by atoms with van der Waals surface area (Å²) in [7, 11) is 0. The van der Waals surface area contributed by atoms with Gasteiger partial charge in [-0.25, -0.2) is 4.79 Å². The number of nitrogens with zero attached hydrogens (tertiary/aromatic N) is 1. The van der Waals surface area contributed by atoms with Crippen LogP contribution in [0.3, 0.4) is 0 Å². The number of likely N-dealkylation sites (tertiary alicyclic amines) is 1. The van der Waals surface area contributed by atoms with Gasteiger partial charge in [-0.3, -0.25) is 4.79 Å². The van der Waals surface area contributed by atoms with Crippen molar-refractivity contribution < 1.29 is 9.59 Å². The van der Waals surface area contributed by atoms with E-state index in [0.717, 1.165) is 24.1 Å². The largest absolute Gasteiger partial charge is 0.350 e. The van der Waals surface area contributed by atoms with E-state index < -0.39 is 0 Å². The normalized spacial score (nSPS) is 17.9. The molecule has 2 rings (SSSR count). The Bertz CT molecular complexity index is 578. The fraction of sp³-hybridized carbons (Fsp3) is 0.556. The number of benzene rings is 1. The van der Waals surface area contributed by atoms with E-state index in [2.05, 4.69) is 17.6 Å². The number of anilines is 1. The van der Waals surface area contributed by atoms with E-state index >= 15 is 0 Å². The SMILES string of the molecule is CCc1ccccc1NC(=O)N1CCC[C@@H]1C(=O)NC(C)(C)C. The first kappa shape index (κ1) is 17.3. The molecule has 5 nitrogen and oxygen atoms in total. The number of carbonyl (C=O) groups is 2. The van der Waals surface area contributed by atoms with Crippen molar-refractivity contribution in [3.05, 3.63) is 29.8 Å². The maximum atomic E-state index is 12.6. The molecular formula is C18H27N3O2. The molecule has 1 aromatic rings. The predicted octanol–water partition coefficient (Wildman–Crippen LogP) is 3.16. The van der Waals surface area contributed by atoms with Gasteiger partial charge in [0.15, 0.2) is 0 Å². The van der Waals surface area contributed by atoms with Crippen molar-refractivity contribution in [2.45, 2.75) is 58.5 Å². The smallest absolute Gasteiger partial charge is 0.322 e. The van der Waals surface area contributed by atoms with Crippen LogP contribution in [0.15, 0.2) is 24.3 Å². The molecular weight excluding hydrogens is 290 g/mol. The van der Waals surface area contributed by atoms with Gasteiger partial charge in [0.05, 0.1) is 0 Å². The minimum Gasteiger partial charge on any atom is -0.350 e. The summed E-state index contributed by atoms with van der Waals surface area (Å²) in [4.78, 5) is 26.7. The van der Waals surface area contributed by atoms with E-state index in [1.54, 1.807) is 4.90 Å². The van der Waals surface area contributed by atoms with Crippen LogP contribution in [-0.2, 0) is 11.2 Å². The van der Waals surface area contributed by atoms with Crippen LogP contribution in [0.5, 0.6) is 0 Å². The molecule has 1 aliphatic rings. The van der Waals surface area contributed by atoms with E-state index in [0.29, 0.717) is 13.0 Å². The van der Waals surface area contributed by atoms with Gasteiger partial charge in [0.2, 0.25) is 5.91 Å². The Labute approximate surface area is 138 Å². The molecule has 0 spiro atoms. The van der Waals surface area contributed by atoms with Gasteiger partial charge in [0.1, 0.15) is 6.04 Å². The molecule has 1 heterocycles. The Morgan fingerprint density at radius 2 is 1.96 bits per heavy atom. The summed E-state index contributed by atoms with van der Waals surface area (Å²) in [5.74, 6) is -0.0751. The maximum Gasteiger partial charge on any atom is 0.322 e. The Morgan fingerprint density at radius 1 is 1.26 bits per heavy atom. The lowest BCUT2D eigenvalue weighted by molar-refractivity contribution is -0.126. The lowest BCUT2D eigenvalue weighted by Gasteiger charge is -2.28. The van der Waals surface area contributed by atoms with Crippen molar-refractivity contribution in [1.82, 2.24) is 10.2 Å². The van der Waals surface area contributed by atoms with Gasteiger partial charge in [-0.1, -0.05) is 25.1 Å². The predicted molar refractivity (Wildman–Crippen MR) is 92.5 cm³/mol. The lowest BCUT2D eigenvalue weighted by atomic mass is 10.1. The average molecular weight is 317 g/mol. The van der Waals surface area contributed by atoms with Gasteiger partial charge in [-0.15, -0.1) is 0 Å². The number of amides is 3. The Hall–Kier alpha value is -2.04. The van der Waals surface area contributed by atoms with Crippen molar-refractivity contribution in [2.75, 3.05) is 11.9 Å². The minimum absolute atomic E-state index is 0.0751. The van der Waals surface area contributed by atoms with Crippen molar-refractivity contribution in [3.63, 3.8) is 0 Å². The van der Waals surface area contributed by atoms with E-state index in [9.17, 15) is 9.59 Å².